The third kappa shape index (κ3) is 4.03. The molecule has 1 aromatic rings. The Hall–Kier alpha value is -1.61. The highest BCUT2D eigenvalue weighted by atomic mass is 16.2. The zero-order chi connectivity index (χ0) is 17.2. The average molecular weight is 314 g/mol. The maximum Gasteiger partial charge on any atom is 0.224 e. The molecule has 0 heterocycles. The Bertz CT molecular complexity index is 571. The fourth-order valence-electron chi connectivity index (χ4n) is 3.43. The van der Waals surface area contributed by atoms with Crippen LogP contribution in [-0.2, 0) is 4.79 Å². The van der Waals surface area contributed by atoms with Gasteiger partial charge in [-0.3, -0.25) is 4.79 Å². The van der Waals surface area contributed by atoms with Crippen LogP contribution < -0.4 is 5.32 Å². The molecular formula is C20H30N2O. The SMILES string of the molecule is CC(C)=C[C@@H]1[C@@H](C(=O)NC[C@@H](c2ccccc2)N(C)C)C1(C)C. The lowest BCUT2D eigenvalue weighted by Gasteiger charge is -2.25. The van der Waals surface area contributed by atoms with Gasteiger partial charge in [0.15, 0.2) is 0 Å². The van der Waals surface area contributed by atoms with Gasteiger partial charge >= 0.3 is 0 Å². The first-order valence-corrected chi connectivity index (χ1v) is 8.39. The minimum Gasteiger partial charge on any atom is -0.354 e. The van der Waals surface area contributed by atoms with Crippen molar-refractivity contribution in [1.29, 1.82) is 0 Å². The molecule has 1 N–H and O–H groups in total. The van der Waals surface area contributed by atoms with Crippen LogP contribution in [0, 0.1) is 17.3 Å². The van der Waals surface area contributed by atoms with Gasteiger partial charge in [-0.1, -0.05) is 55.8 Å². The van der Waals surface area contributed by atoms with Crippen LogP contribution in [0.2, 0.25) is 0 Å². The van der Waals surface area contributed by atoms with Crippen LogP contribution in [0.3, 0.4) is 0 Å². The zero-order valence-electron chi connectivity index (χ0n) is 15.3. The Morgan fingerprint density at radius 3 is 2.39 bits per heavy atom. The van der Waals surface area contributed by atoms with Crippen LogP contribution in [0.25, 0.3) is 0 Å². The first kappa shape index (κ1) is 17.7. The van der Waals surface area contributed by atoms with E-state index in [9.17, 15) is 4.79 Å². The van der Waals surface area contributed by atoms with Gasteiger partial charge in [-0.05, 0) is 44.8 Å². The standard InChI is InChI=1S/C20H30N2O/c1-14(2)12-16-18(20(16,3)4)19(23)21-13-17(22(5)6)15-10-8-7-9-11-15/h7-12,16-18H,13H2,1-6H3,(H,21,23)/t16-,17+,18+/m1/s1. The van der Waals surface area contributed by atoms with Gasteiger partial charge in [-0.25, -0.2) is 0 Å². The lowest BCUT2D eigenvalue weighted by Crippen LogP contribution is -2.36. The molecule has 0 bridgehead atoms. The molecule has 2 rings (SSSR count). The van der Waals surface area contributed by atoms with Gasteiger partial charge in [0.1, 0.15) is 0 Å². The lowest BCUT2D eigenvalue weighted by molar-refractivity contribution is -0.123. The van der Waals surface area contributed by atoms with E-state index in [0.29, 0.717) is 12.5 Å². The average Bonchev–Trinajstić information content (AvgIpc) is 2.99. The molecule has 1 aromatic carbocycles. The Labute approximate surface area is 140 Å². The Morgan fingerprint density at radius 1 is 1.26 bits per heavy atom. The number of rotatable bonds is 6. The molecule has 1 saturated carbocycles. The number of carbonyl (C=O) groups excluding carboxylic acids is 1. The van der Waals surface area contributed by atoms with Gasteiger partial charge < -0.3 is 10.2 Å². The van der Waals surface area contributed by atoms with Crippen molar-refractivity contribution < 1.29 is 4.79 Å². The number of nitrogens with one attached hydrogen (secondary N) is 1. The molecule has 0 aliphatic heterocycles. The van der Waals surface area contributed by atoms with Crippen LogP contribution in [0.4, 0.5) is 0 Å². The van der Waals surface area contributed by atoms with E-state index in [1.165, 1.54) is 11.1 Å². The van der Waals surface area contributed by atoms with Gasteiger partial charge in [0.25, 0.3) is 0 Å². The van der Waals surface area contributed by atoms with Crippen molar-refractivity contribution in [1.82, 2.24) is 10.2 Å². The van der Waals surface area contributed by atoms with E-state index in [4.69, 9.17) is 0 Å². The maximum absolute atomic E-state index is 12.6. The molecule has 0 aromatic heterocycles. The maximum atomic E-state index is 12.6. The Balaban J connectivity index is 1.99. The van der Waals surface area contributed by atoms with E-state index in [1.54, 1.807) is 0 Å². The number of nitrogens with zero attached hydrogens (tertiary/aromatic N) is 1. The van der Waals surface area contributed by atoms with E-state index in [-0.39, 0.29) is 23.3 Å². The monoisotopic (exact) mass is 314 g/mol. The summed E-state index contributed by atoms with van der Waals surface area (Å²) in [6, 6.07) is 10.5. The molecule has 1 aliphatic carbocycles. The highest BCUT2D eigenvalue weighted by molar-refractivity contribution is 5.83. The quantitative estimate of drug-likeness (QED) is 0.813. The third-order valence-electron chi connectivity index (χ3n) is 4.98. The predicted molar refractivity (Wildman–Crippen MR) is 96.1 cm³/mol. The van der Waals surface area contributed by atoms with Crippen LogP contribution >= 0.6 is 0 Å². The topological polar surface area (TPSA) is 32.3 Å². The summed E-state index contributed by atoms with van der Waals surface area (Å²) < 4.78 is 0. The second-order valence-electron chi connectivity index (χ2n) is 7.70. The first-order chi connectivity index (χ1) is 10.7. The van der Waals surface area contributed by atoms with E-state index in [0.717, 1.165) is 0 Å². The molecule has 0 spiro atoms. The van der Waals surface area contributed by atoms with E-state index < -0.39 is 0 Å². The highest BCUT2D eigenvalue weighted by Gasteiger charge is 2.60. The smallest absolute Gasteiger partial charge is 0.224 e. The van der Waals surface area contributed by atoms with Crippen molar-refractivity contribution in [2.45, 2.75) is 33.7 Å². The van der Waals surface area contributed by atoms with Crippen molar-refractivity contribution in [2.75, 3.05) is 20.6 Å². The van der Waals surface area contributed by atoms with Gasteiger partial charge in [-0.15, -0.1) is 0 Å². The Kier molecular flexibility index (Phi) is 5.30. The second kappa shape index (κ2) is 6.88. The summed E-state index contributed by atoms with van der Waals surface area (Å²) in [7, 11) is 4.10. The third-order valence-corrected chi connectivity index (χ3v) is 4.98. The number of carbonyl (C=O) groups is 1. The first-order valence-electron chi connectivity index (χ1n) is 8.39. The summed E-state index contributed by atoms with van der Waals surface area (Å²) in [5.74, 6) is 0.637. The van der Waals surface area contributed by atoms with Crippen molar-refractivity contribution >= 4 is 5.91 Å². The molecule has 23 heavy (non-hydrogen) atoms. The van der Waals surface area contributed by atoms with E-state index in [1.807, 2.05) is 18.2 Å². The number of benzene rings is 1. The molecule has 3 atom stereocenters. The number of likely N-dealkylation sites (N-methyl/N-ethyl adjacent to an activating group) is 1. The summed E-state index contributed by atoms with van der Waals surface area (Å²) in [5.41, 5.74) is 2.59. The molecule has 1 fully saturated rings. The lowest BCUT2D eigenvalue weighted by atomic mass is 10.1. The summed E-state index contributed by atoms with van der Waals surface area (Å²) in [4.78, 5) is 14.8. The van der Waals surface area contributed by atoms with Crippen LogP contribution in [0.1, 0.15) is 39.3 Å². The molecule has 0 radical (unpaired) electrons. The molecule has 1 amide bonds. The predicted octanol–water partition coefficient (Wildman–Crippen LogP) is 3.64. The molecule has 0 unspecified atom stereocenters. The normalized spacial score (nSPS) is 23.3. The number of amides is 1. The molecule has 1 aliphatic rings. The van der Waals surface area contributed by atoms with Crippen LogP contribution in [0.5, 0.6) is 0 Å². The fraction of sp³-hybridized carbons (Fsp3) is 0.550. The molecular weight excluding hydrogens is 284 g/mol. The molecule has 3 nitrogen and oxygen atoms in total. The van der Waals surface area contributed by atoms with Gasteiger partial charge in [0.2, 0.25) is 5.91 Å². The van der Waals surface area contributed by atoms with Crippen molar-refractivity contribution in [2.24, 2.45) is 17.3 Å². The molecule has 126 valence electrons. The number of hydrogen-bond donors (Lipinski definition) is 1. The van der Waals surface area contributed by atoms with Gasteiger partial charge in [-0.2, -0.15) is 0 Å². The van der Waals surface area contributed by atoms with Gasteiger partial charge in [0.05, 0.1) is 12.0 Å². The summed E-state index contributed by atoms with van der Waals surface area (Å²) in [5, 5.41) is 3.17. The van der Waals surface area contributed by atoms with E-state index >= 15 is 0 Å². The zero-order valence-corrected chi connectivity index (χ0v) is 15.3. The Morgan fingerprint density at radius 2 is 1.87 bits per heavy atom. The van der Waals surface area contributed by atoms with Crippen molar-refractivity contribution in [3.63, 3.8) is 0 Å². The fourth-order valence-corrected chi connectivity index (χ4v) is 3.43. The summed E-state index contributed by atoms with van der Waals surface area (Å²) in [6.45, 7) is 9.20. The summed E-state index contributed by atoms with van der Waals surface area (Å²) >= 11 is 0. The second-order valence-corrected chi connectivity index (χ2v) is 7.70. The minimum atomic E-state index is 0.0711. The number of hydrogen-bond acceptors (Lipinski definition) is 2. The van der Waals surface area contributed by atoms with Crippen LogP contribution in [-0.4, -0.2) is 31.4 Å². The van der Waals surface area contributed by atoms with E-state index in [2.05, 4.69) is 70.2 Å². The van der Waals surface area contributed by atoms with Crippen molar-refractivity contribution in [3.05, 3.63) is 47.5 Å². The van der Waals surface area contributed by atoms with Gasteiger partial charge in [0, 0.05) is 6.54 Å². The number of allylic oxidation sites excluding steroid dienone is 2. The van der Waals surface area contributed by atoms with Crippen LogP contribution in [0.15, 0.2) is 42.0 Å². The summed E-state index contributed by atoms with van der Waals surface area (Å²) in [6.07, 6.45) is 2.24. The largest absolute Gasteiger partial charge is 0.354 e. The molecule has 3 heteroatoms. The van der Waals surface area contributed by atoms with Crippen molar-refractivity contribution in [3.8, 4) is 0 Å². The highest BCUT2D eigenvalue weighted by Crippen LogP contribution is 2.59. The molecule has 0 saturated heterocycles. The minimum absolute atomic E-state index is 0.0711.